The highest BCUT2D eigenvalue weighted by Crippen LogP contribution is 2.32. The molecule has 2 aliphatic carbocycles. The molecule has 8 heteroatoms. The van der Waals surface area contributed by atoms with Crippen molar-refractivity contribution in [2.75, 3.05) is 13.6 Å². The highest BCUT2D eigenvalue weighted by molar-refractivity contribution is 6.22. The molecular formula is C31H38Cl2O6. The third-order valence-electron chi connectivity index (χ3n) is 6.91. The highest BCUT2D eigenvalue weighted by atomic mass is 35.5. The Morgan fingerprint density at radius 1 is 0.641 bits per heavy atom. The first-order valence-corrected chi connectivity index (χ1v) is 14.3. The van der Waals surface area contributed by atoms with E-state index in [1.165, 1.54) is 0 Å². The molecule has 0 bridgehead atoms. The van der Waals surface area contributed by atoms with Crippen molar-refractivity contribution >= 4 is 23.2 Å². The summed E-state index contributed by atoms with van der Waals surface area (Å²) in [5.41, 5.74) is 4.14. The number of ether oxygens (including phenoxy) is 4. The van der Waals surface area contributed by atoms with E-state index in [0.717, 1.165) is 22.3 Å². The third-order valence-corrected chi connectivity index (χ3v) is 7.73. The minimum absolute atomic E-state index is 0.0976. The van der Waals surface area contributed by atoms with Crippen LogP contribution in [0.2, 0.25) is 0 Å². The largest absolute Gasteiger partial charge is 0.393 e. The molecule has 0 aromatic heterocycles. The summed E-state index contributed by atoms with van der Waals surface area (Å²) >= 11 is 13.4. The summed E-state index contributed by atoms with van der Waals surface area (Å²) in [5.74, 6) is 0. The molecule has 0 unspecified atom stereocenters. The van der Waals surface area contributed by atoms with Crippen LogP contribution >= 0.6 is 23.2 Å². The lowest BCUT2D eigenvalue weighted by atomic mass is 9.96. The summed E-state index contributed by atoms with van der Waals surface area (Å²) in [6.07, 6.45) is 4.43. The van der Waals surface area contributed by atoms with Gasteiger partial charge in [-0.1, -0.05) is 84.0 Å². The molecule has 0 saturated heterocycles. The molecule has 6 atom stereocenters. The van der Waals surface area contributed by atoms with Crippen molar-refractivity contribution in [3.63, 3.8) is 0 Å². The van der Waals surface area contributed by atoms with E-state index in [-0.39, 0.29) is 25.8 Å². The van der Waals surface area contributed by atoms with Crippen LogP contribution in [0.15, 0.2) is 84.0 Å². The summed E-state index contributed by atoms with van der Waals surface area (Å²) in [5, 5.41) is 20.5. The zero-order chi connectivity index (χ0) is 27.5. The maximum Gasteiger partial charge on any atom is 0.147 e. The van der Waals surface area contributed by atoms with Crippen molar-refractivity contribution in [2.45, 2.75) is 80.5 Å². The van der Waals surface area contributed by atoms with Gasteiger partial charge in [0.1, 0.15) is 13.6 Å². The van der Waals surface area contributed by atoms with Gasteiger partial charge < -0.3 is 29.2 Å². The summed E-state index contributed by atoms with van der Waals surface area (Å²) in [7, 11) is 0. The average Bonchev–Trinajstić information content (AvgIpc) is 3.14. The number of hydrogen-bond acceptors (Lipinski definition) is 6. The van der Waals surface area contributed by atoms with E-state index in [4.69, 9.17) is 42.1 Å². The zero-order valence-corrected chi connectivity index (χ0v) is 23.6. The van der Waals surface area contributed by atoms with E-state index in [2.05, 4.69) is 0 Å². The first-order valence-electron chi connectivity index (χ1n) is 13.5. The van der Waals surface area contributed by atoms with E-state index >= 15 is 0 Å². The summed E-state index contributed by atoms with van der Waals surface area (Å²) in [4.78, 5) is 0. The Morgan fingerprint density at radius 3 is 1.46 bits per heavy atom. The monoisotopic (exact) mass is 576 g/mol. The van der Waals surface area contributed by atoms with Crippen molar-refractivity contribution in [1.29, 1.82) is 0 Å². The van der Waals surface area contributed by atoms with Crippen molar-refractivity contribution in [3.05, 3.63) is 95.1 Å². The topological polar surface area (TPSA) is 77.4 Å². The van der Waals surface area contributed by atoms with Gasteiger partial charge in [0.15, 0.2) is 0 Å². The molecule has 0 aliphatic heterocycles. The van der Waals surface area contributed by atoms with Crippen LogP contribution in [0.25, 0.3) is 0 Å². The second-order valence-corrected chi connectivity index (χ2v) is 11.2. The Bertz CT molecular complexity index is 964. The first-order chi connectivity index (χ1) is 19.0. The fourth-order valence-electron chi connectivity index (χ4n) is 4.98. The normalized spacial score (nSPS) is 27.8. The Labute approximate surface area is 241 Å². The second kappa shape index (κ2) is 15.9. The molecule has 2 aromatic carbocycles. The van der Waals surface area contributed by atoms with Gasteiger partial charge in [-0.25, -0.2) is 0 Å². The molecule has 0 heterocycles. The van der Waals surface area contributed by atoms with Gasteiger partial charge in [-0.3, -0.25) is 0 Å². The van der Waals surface area contributed by atoms with Crippen LogP contribution in [0, 0.1) is 0 Å². The predicted molar refractivity (Wildman–Crippen MR) is 152 cm³/mol. The molecule has 212 valence electrons. The number of aliphatic hydroxyl groups is 2. The number of halogens is 2. The number of rotatable bonds is 12. The maximum atomic E-state index is 10.7. The minimum Gasteiger partial charge on any atom is -0.393 e. The Morgan fingerprint density at radius 2 is 1.05 bits per heavy atom. The van der Waals surface area contributed by atoms with Crippen LogP contribution in [0.1, 0.15) is 43.2 Å². The standard InChI is InChI=1S/C31H38Cl2O6/c32-28-14-24(12-26(34)16-30(28)38-20-36-18-22-7-3-1-4-8-22)11-25-13-27(35)17-31(29(33)15-25)39-21-37-19-23-9-5-2-6-10-23/h1-10,14-15,26-31,34-35H,11-13,16-21H2/t26-,27+,28+,29-,30-,31+. The van der Waals surface area contributed by atoms with Crippen LogP contribution in [0.3, 0.4) is 0 Å². The molecule has 6 nitrogen and oxygen atoms in total. The Balaban J connectivity index is 1.27. The molecule has 0 radical (unpaired) electrons. The van der Waals surface area contributed by atoms with Crippen molar-refractivity contribution < 1.29 is 29.2 Å². The maximum absolute atomic E-state index is 10.7. The van der Waals surface area contributed by atoms with Crippen molar-refractivity contribution in [3.8, 4) is 0 Å². The first kappa shape index (κ1) is 30.2. The molecule has 0 saturated carbocycles. The molecule has 0 fully saturated rings. The van der Waals surface area contributed by atoms with Crippen LogP contribution in [-0.4, -0.2) is 59.0 Å². The fourth-order valence-corrected chi connectivity index (χ4v) is 5.69. The van der Waals surface area contributed by atoms with Crippen LogP contribution in [0.4, 0.5) is 0 Å². The van der Waals surface area contributed by atoms with E-state index in [1.807, 2.05) is 72.8 Å². The van der Waals surface area contributed by atoms with E-state index in [9.17, 15) is 10.2 Å². The number of alkyl halides is 2. The van der Waals surface area contributed by atoms with Gasteiger partial charge in [0.2, 0.25) is 0 Å². The second-order valence-electron chi connectivity index (χ2n) is 10.2. The molecule has 2 N–H and O–H groups in total. The molecule has 0 spiro atoms. The molecule has 39 heavy (non-hydrogen) atoms. The average molecular weight is 578 g/mol. The molecule has 0 amide bonds. The predicted octanol–water partition coefficient (Wildman–Crippen LogP) is 5.87. The van der Waals surface area contributed by atoms with Crippen LogP contribution in [0.5, 0.6) is 0 Å². The molecular weight excluding hydrogens is 539 g/mol. The van der Waals surface area contributed by atoms with E-state index in [1.54, 1.807) is 0 Å². The number of benzene rings is 2. The Kier molecular flexibility index (Phi) is 12.3. The van der Waals surface area contributed by atoms with Gasteiger partial charge in [0, 0.05) is 12.8 Å². The number of aliphatic hydroxyl groups excluding tert-OH is 2. The van der Waals surface area contributed by atoms with Gasteiger partial charge in [0.05, 0.1) is 48.4 Å². The molecule has 2 aromatic rings. The summed E-state index contributed by atoms with van der Waals surface area (Å²) in [6, 6.07) is 19.8. The molecule has 2 aliphatic rings. The van der Waals surface area contributed by atoms with Crippen LogP contribution < -0.4 is 0 Å². The van der Waals surface area contributed by atoms with Crippen molar-refractivity contribution in [1.82, 2.24) is 0 Å². The minimum atomic E-state index is -0.583. The smallest absolute Gasteiger partial charge is 0.147 e. The van der Waals surface area contributed by atoms with Gasteiger partial charge in [0.25, 0.3) is 0 Å². The van der Waals surface area contributed by atoms with E-state index < -0.39 is 23.0 Å². The zero-order valence-electron chi connectivity index (χ0n) is 22.0. The lowest BCUT2D eigenvalue weighted by Crippen LogP contribution is -2.27. The van der Waals surface area contributed by atoms with Gasteiger partial charge in [-0.15, -0.1) is 23.2 Å². The lowest BCUT2D eigenvalue weighted by Gasteiger charge is -2.20. The van der Waals surface area contributed by atoms with Crippen molar-refractivity contribution in [2.24, 2.45) is 0 Å². The highest BCUT2D eigenvalue weighted by Gasteiger charge is 2.30. The SMILES string of the molecule is O[C@@H]1CC(CC2=C[C@@H](Cl)[C@@H](OCOCc3ccccc3)C[C@@H](O)C2)=C[C@H](Cl)[C@H](OCOCc2ccccc2)C1. The third kappa shape index (κ3) is 10.3. The lowest BCUT2D eigenvalue weighted by molar-refractivity contribution is -0.103. The number of hydrogen-bond donors (Lipinski definition) is 2. The van der Waals surface area contributed by atoms with Gasteiger partial charge in [-0.05, 0) is 30.4 Å². The summed E-state index contributed by atoms with van der Waals surface area (Å²) < 4.78 is 23.1. The molecule has 4 rings (SSSR count). The fraction of sp³-hybridized carbons (Fsp3) is 0.484. The van der Waals surface area contributed by atoms with Crippen LogP contribution in [-0.2, 0) is 32.2 Å². The van der Waals surface area contributed by atoms with E-state index in [0.29, 0.717) is 45.3 Å². The Hall–Kier alpha value is -1.74. The van der Waals surface area contributed by atoms with Gasteiger partial charge in [-0.2, -0.15) is 0 Å². The summed E-state index contributed by atoms with van der Waals surface area (Å²) in [6.45, 7) is 1.09. The van der Waals surface area contributed by atoms with Gasteiger partial charge >= 0.3 is 0 Å². The quantitative estimate of drug-likeness (QED) is 0.142.